The summed E-state index contributed by atoms with van der Waals surface area (Å²) in [6, 6.07) is 7.79. The van der Waals surface area contributed by atoms with Gasteiger partial charge in [0, 0.05) is 24.2 Å². The van der Waals surface area contributed by atoms with Crippen LogP contribution in [-0.2, 0) is 11.2 Å². The van der Waals surface area contributed by atoms with E-state index in [0.717, 1.165) is 22.7 Å². The van der Waals surface area contributed by atoms with Gasteiger partial charge in [-0.2, -0.15) is 0 Å². The van der Waals surface area contributed by atoms with Crippen molar-refractivity contribution in [3.8, 4) is 5.75 Å². The highest BCUT2D eigenvalue weighted by atomic mass is 35.5. The van der Waals surface area contributed by atoms with Crippen LogP contribution in [-0.4, -0.2) is 28.9 Å². The molecule has 1 N–H and O–H groups in total. The van der Waals surface area contributed by atoms with Gasteiger partial charge < -0.3 is 10.1 Å². The van der Waals surface area contributed by atoms with E-state index in [1.165, 1.54) is 17.4 Å². The smallest absolute Gasteiger partial charge is 0.244 e. The van der Waals surface area contributed by atoms with E-state index in [9.17, 15) is 4.79 Å². The number of ether oxygens (including phenoxy) is 1. The van der Waals surface area contributed by atoms with Crippen molar-refractivity contribution in [2.24, 2.45) is 0 Å². The van der Waals surface area contributed by atoms with Crippen LogP contribution >= 0.6 is 22.9 Å². The normalized spacial score (nSPS) is 11.2. The molecule has 0 radical (unpaired) electrons. The lowest BCUT2D eigenvalue weighted by atomic mass is 10.1. The lowest BCUT2D eigenvalue weighted by Gasteiger charge is -2.04. The van der Waals surface area contributed by atoms with E-state index in [4.69, 9.17) is 16.3 Å². The Hall–Kier alpha value is -2.31. The van der Waals surface area contributed by atoms with Crippen molar-refractivity contribution in [1.82, 2.24) is 14.7 Å². The van der Waals surface area contributed by atoms with Gasteiger partial charge in [0.25, 0.3) is 0 Å². The predicted molar refractivity (Wildman–Crippen MR) is 96.8 cm³/mol. The molecule has 2 heterocycles. The quantitative estimate of drug-likeness (QED) is 0.684. The average Bonchev–Trinajstić information content (AvgIpc) is 3.14. The second-order valence-electron chi connectivity index (χ2n) is 5.07. The number of methoxy groups -OCH3 is 1. The highest BCUT2D eigenvalue weighted by Gasteiger charge is 2.08. The number of halogens is 1. The molecule has 0 saturated heterocycles. The first-order valence-electron chi connectivity index (χ1n) is 7.37. The molecule has 124 valence electrons. The number of carbonyl (C=O) groups is 1. The zero-order chi connectivity index (χ0) is 16.9. The topological polar surface area (TPSA) is 55.6 Å². The summed E-state index contributed by atoms with van der Waals surface area (Å²) in [6.45, 7) is 0.559. The molecule has 0 aliphatic rings. The number of aromatic nitrogens is 2. The molecule has 5 nitrogen and oxygen atoms in total. The second kappa shape index (κ2) is 7.51. The summed E-state index contributed by atoms with van der Waals surface area (Å²) >= 11 is 7.58. The molecule has 0 atom stereocenters. The van der Waals surface area contributed by atoms with Crippen LogP contribution in [0.4, 0.5) is 0 Å². The van der Waals surface area contributed by atoms with Crippen LogP contribution in [0.5, 0.6) is 5.75 Å². The van der Waals surface area contributed by atoms with Gasteiger partial charge in [-0.05, 0) is 30.2 Å². The summed E-state index contributed by atoms with van der Waals surface area (Å²) in [6.07, 6.45) is 5.78. The van der Waals surface area contributed by atoms with Gasteiger partial charge in [0.1, 0.15) is 5.75 Å². The first kappa shape index (κ1) is 16.5. The largest absolute Gasteiger partial charge is 0.497 e. The van der Waals surface area contributed by atoms with Crippen molar-refractivity contribution in [3.05, 3.63) is 58.3 Å². The molecule has 0 bridgehead atoms. The number of thiazole rings is 1. The molecule has 0 spiro atoms. The maximum absolute atomic E-state index is 11.9. The molecule has 24 heavy (non-hydrogen) atoms. The molecular weight excluding hydrogens is 346 g/mol. The Balaban J connectivity index is 1.53. The Morgan fingerprint density at radius 1 is 1.42 bits per heavy atom. The Morgan fingerprint density at radius 2 is 2.21 bits per heavy atom. The SMILES string of the molecule is COc1ccc(CCNC(=O)/C=C/c2c(Cl)nc3sccn23)cc1. The molecular formula is C17H16ClN3O2S. The molecule has 2 aromatic heterocycles. The molecule has 3 aromatic rings. The summed E-state index contributed by atoms with van der Waals surface area (Å²) in [5.41, 5.74) is 1.84. The summed E-state index contributed by atoms with van der Waals surface area (Å²) in [4.78, 5) is 17.0. The molecule has 3 rings (SSSR count). The van der Waals surface area contributed by atoms with Gasteiger partial charge in [0.05, 0.1) is 12.8 Å². The monoisotopic (exact) mass is 361 g/mol. The van der Waals surface area contributed by atoms with E-state index in [0.29, 0.717) is 17.4 Å². The van der Waals surface area contributed by atoms with Gasteiger partial charge in [0.15, 0.2) is 10.1 Å². The molecule has 0 aliphatic heterocycles. The van der Waals surface area contributed by atoms with Gasteiger partial charge in [-0.1, -0.05) is 23.7 Å². The number of nitrogens with one attached hydrogen (secondary N) is 1. The molecule has 0 fully saturated rings. The lowest BCUT2D eigenvalue weighted by Crippen LogP contribution is -2.23. The minimum atomic E-state index is -0.162. The minimum Gasteiger partial charge on any atom is -0.497 e. The van der Waals surface area contributed by atoms with Crippen LogP contribution < -0.4 is 10.1 Å². The number of hydrogen-bond acceptors (Lipinski definition) is 4. The summed E-state index contributed by atoms with van der Waals surface area (Å²) in [7, 11) is 1.64. The maximum atomic E-state index is 11.9. The number of rotatable bonds is 6. The summed E-state index contributed by atoms with van der Waals surface area (Å²) < 4.78 is 6.97. The van der Waals surface area contributed by atoms with Crippen molar-refractivity contribution >= 4 is 39.9 Å². The third-order valence-electron chi connectivity index (χ3n) is 3.52. The number of nitrogens with zero attached hydrogens (tertiary/aromatic N) is 2. The van der Waals surface area contributed by atoms with Gasteiger partial charge >= 0.3 is 0 Å². The van der Waals surface area contributed by atoms with E-state index >= 15 is 0 Å². The molecule has 0 aliphatic carbocycles. The number of imidazole rings is 1. The van der Waals surface area contributed by atoms with Crippen molar-refractivity contribution in [3.63, 3.8) is 0 Å². The number of hydrogen-bond donors (Lipinski definition) is 1. The number of carbonyl (C=O) groups excluding carboxylic acids is 1. The minimum absolute atomic E-state index is 0.162. The van der Waals surface area contributed by atoms with E-state index in [1.807, 2.05) is 40.2 Å². The van der Waals surface area contributed by atoms with E-state index in [-0.39, 0.29) is 5.91 Å². The van der Waals surface area contributed by atoms with Crippen LogP contribution in [0.25, 0.3) is 11.0 Å². The van der Waals surface area contributed by atoms with Crippen molar-refractivity contribution in [2.75, 3.05) is 13.7 Å². The summed E-state index contributed by atoms with van der Waals surface area (Å²) in [5, 5.41) is 5.17. The predicted octanol–water partition coefficient (Wildman–Crippen LogP) is 3.43. The lowest BCUT2D eigenvalue weighted by molar-refractivity contribution is -0.116. The highest BCUT2D eigenvalue weighted by Crippen LogP contribution is 2.22. The first-order chi connectivity index (χ1) is 11.7. The van der Waals surface area contributed by atoms with Crippen molar-refractivity contribution in [2.45, 2.75) is 6.42 Å². The Labute approximate surface area is 148 Å². The zero-order valence-electron chi connectivity index (χ0n) is 13.0. The van der Waals surface area contributed by atoms with Crippen LogP contribution in [0, 0.1) is 0 Å². The zero-order valence-corrected chi connectivity index (χ0v) is 14.6. The standard InChI is InChI=1S/C17H16ClN3O2S/c1-23-13-4-2-12(3-5-13)8-9-19-15(22)7-6-14-16(18)20-17-21(14)10-11-24-17/h2-7,10-11H,8-9H2,1H3,(H,19,22)/b7-6+. The third-order valence-corrected chi connectivity index (χ3v) is 4.55. The fourth-order valence-electron chi connectivity index (χ4n) is 2.26. The molecule has 0 saturated carbocycles. The van der Waals surface area contributed by atoms with E-state index in [1.54, 1.807) is 13.2 Å². The van der Waals surface area contributed by atoms with Crippen molar-refractivity contribution < 1.29 is 9.53 Å². The fourth-order valence-corrected chi connectivity index (χ4v) is 3.27. The van der Waals surface area contributed by atoms with Gasteiger partial charge in [-0.25, -0.2) is 4.98 Å². The van der Waals surface area contributed by atoms with Gasteiger partial charge in [-0.15, -0.1) is 11.3 Å². The number of amides is 1. The molecule has 0 unspecified atom stereocenters. The van der Waals surface area contributed by atoms with Crippen LogP contribution in [0.2, 0.25) is 5.15 Å². The Morgan fingerprint density at radius 3 is 2.96 bits per heavy atom. The third kappa shape index (κ3) is 3.77. The van der Waals surface area contributed by atoms with E-state index < -0.39 is 0 Å². The molecule has 1 amide bonds. The van der Waals surface area contributed by atoms with Crippen LogP contribution in [0.1, 0.15) is 11.3 Å². The fraction of sp³-hybridized carbons (Fsp3) is 0.176. The average molecular weight is 362 g/mol. The van der Waals surface area contributed by atoms with Gasteiger partial charge in [-0.3, -0.25) is 9.20 Å². The Kier molecular flexibility index (Phi) is 5.17. The summed E-state index contributed by atoms with van der Waals surface area (Å²) in [5.74, 6) is 0.660. The van der Waals surface area contributed by atoms with Gasteiger partial charge in [0.2, 0.25) is 5.91 Å². The number of fused-ring (bicyclic) bond motifs is 1. The van der Waals surface area contributed by atoms with E-state index in [2.05, 4.69) is 10.3 Å². The molecule has 7 heteroatoms. The van der Waals surface area contributed by atoms with Crippen LogP contribution in [0.15, 0.2) is 41.9 Å². The first-order valence-corrected chi connectivity index (χ1v) is 8.63. The maximum Gasteiger partial charge on any atom is 0.244 e. The Bertz CT molecular complexity index is 868. The molecule has 1 aromatic carbocycles. The highest BCUT2D eigenvalue weighted by molar-refractivity contribution is 7.15. The second-order valence-corrected chi connectivity index (χ2v) is 6.30. The van der Waals surface area contributed by atoms with Crippen LogP contribution in [0.3, 0.4) is 0 Å². The number of benzene rings is 1. The van der Waals surface area contributed by atoms with Crippen molar-refractivity contribution in [1.29, 1.82) is 0 Å².